The molecule has 1 aliphatic heterocycles. The fourth-order valence-electron chi connectivity index (χ4n) is 2.77. The average molecular weight is 265 g/mol. The number of likely N-dealkylation sites (tertiary alicyclic amines) is 1. The number of aromatic nitrogens is 2. The molecule has 106 valence electrons. The van der Waals surface area contributed by atoms with Crippen molar-refractivity contribution in [2.45, 2.75) is 51.7 Å². The summed E-state index contributed by atoms with van der Waals surface area (Å²) in [6.45, 7) is 4.48. The summed E-state index contributed by atoms with van der Waals surface area (Å²) in [5.41, 5.74) is 1.58. The van der Waals surface area contributed by atoms with E-state index in [2.05, 4.69) is 5.10 Å². The van der Waals surface area contributed by atoms with Crippen molar-refractivity contribution in [1.29, 1.82) is 0 Å². The van der Waals surface area contributed by atoms with Crippen molar-refractivity contribution in [3.8, 4) is 0 Å². The van der Waals surface area contributed by atoms with Crippen LogP contribution < -0.4 is 0 Å². The number of nitrogens with zero attached hydrogens (tertiary/aromatic N) is 3. The minimum atomic E-state index is -0.367. The largest absolute Gasteiger partial charge is 0.393 e. The van der Waals surface area contributed by atoms with Crippen LogP contribution in [0.5, 0.6) is 0 Å². The normalized spacial score (nSPS) is 21.5. The fraction of sp³-hybridized carbons (Fsp3) is 0.714. The molecule has 1 saturated heterocycles. The molecule has 1 N–H and O–H groups in total. The summed E-state index contributed by atoms with van der Waals surface area (Å²) in [6.07, 6.45) is 5.09. The molecule has 1 fully saturated rings. The number of piperidine rings is 1. The van der Waals surface area contributed by atoms with Crippen molar-refractivity contribution in [1.82, 2.24) is 14.7 Å². The van der Waals surface area contributed by atoms with Crippen LogP contribution in [-0.4, -0.2) is 44.4 Å². The van der Waals surface area contributed by atoms with Crippen molar-refractivity contribution in [3.05, 3.63) is 17.5 Å². The Bertz CT molecular complexity index is 454. The molecule has 2 heterocycles. The van der Waals surface area contributed by atoms with E-state index in [1.165, 1.54) is 0 Å². The van der Waals surface area contributed by atoms with Crippen LogP contribution in [0.4, 0.5) is 0 Å². The van der Waals surface area contributed by atoms with Gasteiger partial charge in [0.25, 0.3) is 5.91 Å². The minimum absolute atomic E-state index is 0.0518. The molecule has 19 heavy (non-hydrogen) atoms. The summed E-state index contributed by atoms with van der Waals surface area (Å²) >= 11 is 0. The van der Waals surface area contributed by atoms with Crippen molar-refractivity contribution in [2.75, 3.05) is 6.54 Å². The number of rotatable bonds is 3. The van der Waals surface area contributed by atoms with E-state index in [1.807, 2.05) is 18.9 Å². The van der Waals surface area contributed by atoms with Crippen LogP contribution >= 0.6 is 0 Å². The summed E-state index contributed by atoms with van der Waals surface area (Å²) in [4.78, 5) is 14.5. The van der Waals surface area contributed by atoms with Gasteiger partial charge in [-0.15, -0.1) is 0 Å². The van der Waals surface area contributed by atoms with Gasteiger partial charge in [-0.25, -0.2) is 0 Å². The Morgan fingerprint density at radius 3 is 2.89 bits per heavy atom. The SMILES string of the molecule is Cc1c(C(=O)N2CCCCC2CC(C)O)cnn1C. The molecule has 0 radical (unpaired) electrons. The summed E-state index contributed by atoms with van der Waals surface area (Å²) in [7, 11) is 1.84. The summed E-state index contributed by atoms with van der Waals surface area (Å²) in [5, 5.41) is 13.7. The maximum absolute atomic E-state index is 12.6. The third-order valence-corrected chi connectivity index (χ3v) is 3.97. The zero-order chi connectivity index (χ0) is 14.0. The zero-order valence-electron chi connectivity index (χ0n) is 12.0. The van der Waals surface area contributed by atoms with E-state index in [0.29, 0.717) is 12.0 Å². The molecule has 0 spiro atoms. The van der Waals surface area contributed by atoms with Gasteiger partial charge in [0, 0.05) is 25.3 Å². The van der Waals surface area contributed by atoms with Crippen LogP contribution in [0.25, 0.3) is 0 Å². The van der Waals surface area contributed by atoms with Crippen molar-refractivity contribution < 1.29 is 9.90 Å². The first kappa shape index (κ1) is 14.1. The molecule has 2 atom stereocenters. The molecule has 1 amide bonds. The second-order valence-corrected chi connectivity index (χ2v) is 5.50. The predicted octanol–water partition coefficient (Wildman–Crippen LogP) is 1.49. The highest BCUT2D eigenvalue weighted by atomic mass is 16.3. The van der Waals surface area contributed by atoms with Gasteiger partial charge in [0.2, 0.25) is 0 Å². The number of aliphatic hydroxyl groups excluding tert-OH is 1. The van der Waals surface area contributed by atoms with E-state index in [1.54, 1.807) is 17.8 Å². The zero-order valence-corrected chi connectivity index (χ0v) is 12.0. The molecule has 5 heteroatoms. The quantitative estimate of drug-likeness (QED) is 0.901. The third kappa shape index (κ3) is 2.97. The minimum Gasteiger partial charge on any atom is -0.393 e. The lowest BCUT2D eigenvalue weighted by molar-refractivity contribution is 0.0514. The Morgan fingerprint density at radius 1 is 1.58 bits per heavy atom. The Morgan fingerprint density at radius 2 is 2.32 bits per heavy atom. The van der Waals surface area contributed by atoms with Gasteiger partial charge in [0.15, 0.2) is 0 Å². The summed E-state index contributed by atoms with van der Waals surface area (Å²) < 4.78 is 1.72. The Balaban J connectivity index is 2.17. The molecule has 5 nitrogen and oxygen atoms in total. The van der Waals surface area contributed by atoms with Crippen molar-refractivity contribution >= 4 is 5.91 Å². The van der Waals surface area contributed by atoms with Crippen LogP contribution in [0.1, 0.15) is 48.7 Å². The Kier molecular flexibility index (Phi) is 4.24. The lowest BCUT2D eigenvalue weighted by atomic mass is 9.96. The number of aliphatic hydroxyl groups is 1. The van der Waals surface area contributed by atoms with Gasteiger partial charge in [0.05, 0.1) is 17.9 Å². The second-order valence-electron chi connectivity index (χ2n) is 5.50. The smallest absolute Gasteiger partial charge is 0.257 e. The molecule has 1 aromatic rings. The van der Waals surface area contributed by atoms with Gasteiger partial charge in [0.1, 0.15) is 0 Å². The number of hydrogen-bond acceptors (Lipinski definition) is 3. The van der Waals surface area contributed by atoms with Crippen molar-refractivity contribution in [3.63, 3.8) is 0 Å². The molecule has 0 bridgehead atoms. The molecule has 2 unspecified atom stereocenters. The van der Waals surface area contributed by atoms with Crippen LogP contribution in [0, 0.1) is 6.92 Å². The molecule has 0 aromatic carbocycles. The van der Waals surface area contributed by atoms with Crippen molar-refractivity contribution in [2.24, 2.45) is 7.05 Å². The van der Waals surface area contributed by atoms with E-state index in [-0.39, 0.29) is 18.1 Å². The monoisotopic (exact) mass is 265 g/mol. The van der Waals surface area contributed by atoms with Gasteiger partial charge in [-0.1, -0.05) is 0 Å². The van der Waals surface area contributed by atoms with Crippen LogP contribution in [0.2, 0.25) is 0 Å². The number of hydrogen-bond donors (Lipinski definition) is 1. The van der Waals surface area contributed by atoms with Crippen LogP contribution in [0.15, 0.2) is 6.20 Å². The number of aryl methyl sites for hydroxylation is 1. The first-order valence-corrected chi connectivity index (χ1v) is 6.98. The first-order valence-electron chi connectivity index (χ1n) is 6.98. The summed E-state index contributed by atoms with van der Waals surface area (Å²) in [6, 6.07) is 0.154. The highest BCUT2D eigenvalue weighted by Crippen LogP contribution is 2.23. The fourth-order valence-corrected chi connectivity index (χ4v) is 2.77. The maximum Gasteiger partial charge on any atom is 0.257 e. The van der Waals surface area contributed by atoms with E-state index in [9.17, 15) is 9.90 Å². The van der Waals surface area contributed by atoms with E-state index in [0.717, 1.165) is 31.5 Å². The highest BCUT2D eigenvalue weighted by Gasteiger charge is 2.29. The molecular formula is C14H23N3O2. The third-order valence-electron chi connectivity index (χ3n) is 3.97. The molecule has 0 saturated carbocycles. The highest BCUT2D eigenvalue weighted by molar-refractivity contribution is 5.95. The molecule has 2 rings (SSSR count). The Hall–Kier alpha value is -1.36. The van der Waals surface area contributed by atoms with Gasteiger partial charge in [-0.05, 0) is 39.5 Å². The van der Waals surface area contributed by atoms with Gasteiger partial charge >= 0.3 is 0 Å². The lowest BCUT2D eigenvalue weighted by Crippen LogP contribution is -2.45. The van der Waals surface area contributed by atoms with E-state index < -0.39 is 0 Å². The average Bonchev–Trinajstić information content (AvgIpc) is 2.69. The lowest BCUT2D eigenvalue weighted by Gasteiger charge is -2.36. The molecule has 1 aliphatic rings. The standard InChI is InChI=1S/C14H23N3O2/c1-10(18)8-12-6-4-5-7-17(12)14(19)13-9-15-16(3)11(13)2/h9-10,12,18H,4-8H2,1-3H3. The van der Waals surface area contributed by atoms with Gasteiger partial charge in [-0.2, -0.15) is 5.10 Å². The molecule has 0 aliphatic carbocycles. The number of amides is 1. The van der Waals surface area contributed by atoms with Crippen LogP contribution in [0.3, 0.4) is 0 Å². The first-order chi connectivity index (χ1) is 9.00. The molecule has 1 aromatic heterocycles. The maximum atomic E-state index is 12.6. The number of carbonyl (C=O) groups excluding carboxylic acids is 1. The Labute approximate surface area is 114 Å². The topological polar surface area (TPSA) is 58.4 Å². The summed E-state index contributed by atoms with van der Waals surface area (Å²) in [5.74, 6) is 0.0518. The second kappa shape index (κ2) is 5.74. The van der Waals surface area contributed by atoms with E-state index >= 15 is 0 Å². The predicted molar refractivity (Wildman–Crippen MR) is 72.9 cm³/mol. The van der Waals surface area contributed by atoms with E-state index in [4.69, 9.17) is 0 Å². The molecular weight excluding hydrogens is 242 g/mol. The van der Waals surface area contributed by atoms with Gasteiger partial charge in [-0.3, -0.25) is 9.48 Å². The van der Waals surface area contributed by atoms with Crippen LogP contribution in [-0.2, 0) is 7.05 Å². The van der Waals surface area contributed by atoms with Gasteiger partial charge < -0.3 is 10.0 Å². The number of carbonyl (C=O) groups is 1.